The molecule has 7 nitrogen and oxygen atoms in total. The van der Waals surface area contributed by atoms with Crippen LogP contribution in [0.1, 0.15) is 28.8 Å². The Labute approximate surface area is 193 Å². The van der Waals surface area contributed by atoms with Gasteiger partial charge in [0, 0.05) is 42.4 Å². The molecule has 9 heteroatoms. The second-order valence-electron chi connectivity index (χ2n) is 8.14. The molecule has 32 heavy (non-hydrogen) atoms. The van der Waals surface area contributed by atoms with Crippen molar-refractivity contribution in [1.29, 1.82) is 0 Å². The lowest BCUT2D eigenvalue weighted by Crippen LogP contribution is -2.38. The highest BCUT2D eigenvalue weighted by molar-refractivity contribution is 7.99. The van der Waals surface area contributed by atoms with Crippen LogP contribution < -0.4 is 10.0 Å². The molecule has 1 heterocycles. The fraction of sp³-hybridized carbons (Fsp3) is 0.391. The maximum atomic E-state index is 12.6. The van der Waals surface area contributed by atoms with Crippen LogP contribution in [0.2, 0.25) is 0 Å². The summed E-state index contributed by atoms with van der Waals surface area (Å²) < 4.78 is 27.5. The summed E-state index contributed by atoms with van der Waals surface area (Å²) in [5, 5.41) is 2.79. The molecular weight excluding hydrogens is 446 g/mol. The van der Waals surface area contributed by atoms with E-state index >= 15 is 0 Å². The van der Waals surface area contributed by atoms with Gasteiger partial charge in [-0.05, 0) is 54.7 Å². The summed E-state index contributed by atoms with van der Waals surface area (Å²) in [5.41, 5.74) is 1.74. The average Bonchev–Trinajstić information content (AvgIpc) is 3.64. The Morgan fingerprint density at radius 1 is 1.03 bits per heavy atom. The Kier molecular flexibility index (Phi) is 7.17. The van der Waals surface area contributed by atoms with Crippen molar-refractivity contribution in [3.63, 3.8) is 0 Å². The Bertz CT molecular complexity index is 1080. The van der Waals surface area contributed by atoms with Gasteiger partial charge < -0.3 is 10.2 Å². The van der Waals surface area contributed by atoms with Crippen LogP contribution in [0.3, 0.4) is 0 Å². The van der Waals surface area contributed by atoms with Crippen LogP contribution in [0.15, 0.2) is 53.4 Å². The number of rotatable bonds is 8. The molecule has 2 aromatic rings. The number of nitrogens with zero attached hydrogens (tertiary/aromatic N) is 1. The molecule has 0 unspecified atom stereocenters. The van der Waals surface area contributed by atoms with Crippen molar-refractivity contribution in [2.75, 3.05) is 36.5 Å². The molecule has 0 radical (unpaired) electrons. The third-order valence-electron chi connectivity index (χ3n) is 5.60. The van der Waals surface area contributed by atoms with Crippen molar-refractivity contribution >= 4 is 39.3 Å². The van der Waals surface area contributed by atoms with E-state index < -0.39 is 10.0 Å². The van der Waals surface area contributed by atoms with Gasteiger partial charge in [-0.2, -0.15) is 11.8 Å². The Morgan fingerprint density at radius 3 is 2.44 bits per heavy atom. The quantitative estimate of drug-likeness (QED) is 0.615. The molecule has 2 amide bonds. The van der Waals surface area contributed by atoms with Gasteiger partial charge >= 0.3 is 0 Å². The van der Waals surface area contributed by atoms with E-state index in [4.69, 9.17) is 0 Å². The Balaban J connectivity index is 1.35. The number of benzene rings is 2. The fourth-order valence-corrected chi connectivity index (χ4v) is 5.51. The van der Waals surface area contributed by atoms with Crippen LogP contribution >= 0.6 is 11.8 Å². The number of amides is 2. The molecule has 170 valence electrons. The summed E-state index contributed by atoms with van der Waals surface area (Å²) in [7, 11) is -3.64. The van der Waals surface area contributed by atoms with E-state index in [2.05, 4.69) is 10.0 Å². The summed E-state index contributed by atoms with van der Waals surface area (Å²) in [5.74, 6) is 2.12. The molecule has 1 aliphatic heterocycles. The molecule has 1 saturated heterocycles. The molecule has 2 aromatic carbocycles. The van der Waals surface area contributed by atoms with Crippen LogP contribution in [0.5, 0.6) is 0 Å². The van der Waals surface area contributed by atoms with Crippen molar-refractivity contribution in [2.24, 2.45) is 5.92 Å². The van der Waals surface area contributed by atoms with Crippen LogP contribution in [0.25, 0.3) is 0 Å². The predicted octanol–water partition coefficient (Wildman–Crippen LogP) is 2.75. The zero-order chi connectivity index (χ0) is 22.6. The molecule has 0 bridgehead atoms. The number of anilines is 1. The minimum atomic E-state index is -3.64. The van der Waals surface area contributed by atoms with Gasteiger partial charge in [0.05, 0.1) is 11.3 Å². The molecule has 2 N–H and O–H groups in total. The highest BCUT2D eigenvalue weighted by atomic mass is 32.2. The van der Waals surface area contributed by atoms with Gasteiger partial charge in [0.15, 0.2) is 0 Å². The maximum absolute atomic E-state index is 12.6. The standard InChI is InChI=1S/C23H27N3O4S2/c27-22(26-10-12-31-13-11-26)14-17-6-8-20(9-7-17)25-23(28)19-2-1-3-21(15-19)32(29,30)24-16-18-4-5-18/h1-3,6-9,15,18,24H,4-5,10-14,16H2,(H,25,28). The number of sulfonamides is 1. The van der Waals surface area contributed by atoms with Gasteiger partial charge in [-0.3, -0.25) is 9.59 Å². The maximum Gasteiger partial charge on any atom is 0.255 e. The smallest absolute Gasteiger partial charge is 0.255 e. The van der Waals surface area contributed by atoms with Gasteiger partial charge in [-0.25, -0.2) is 13.1 Å². The van der Waals surface area contributed by atoms with Crippen molar-refractivity contribution in [3.05, 3.63) is 59.7 Å². The molecular formula is C23H27N3O4S2. The lowest BCUT2D eigenvalue weighted by molar-refractivity contribution is -0.130. The topological polar surface area (TPSA) is 95.6 Å². The molecule has 0 atom stereocenters. The lowest BCUT2D eigenvalue weighted by Gasteiger charge is -2.26. The first-order valence-corrected chi connectivity index (χ1v) is 13.4. The summed E-state index contributed by atoms with van der Waals surface area (Å²) in [6.07, 6.45) is 2.44. The minimum Gasteiger partial charge on any atom is -0.341 e. The van der Waals surface area contributed by atoms with Gasteiger partial charge in [0.2, 0.25) is 15.9 Å². The summed E-state index contributed by atoms with van der Waals surface area (Å²) in [4.78, 5) is 27.0. The molecule has 0 aromatic heterocycles. The van der Waals surface area contributed by atoms with E-state index in [0.717, 1.165) is 43.0 Å². The predicted molar refractivity (Wildman–Crippen MR) is 126 cm³/mol. The molecule has 2 aliphatic rings. The summed E-state index contributed by atoms with van der Waals surface area (Å²) in [6, 6.07) is 13.2. The number of hydrogen-bond donors (Lipinski definition) is 2. The second kappa shape index (κ2) is 10.1. The number of nitrogens with one attached hydrogen (secondary N) is 2. The van der Waals surface area contributed by atoms with Gasteiger partial charge in [-0.15, -0.1) is 0 Å². The fourth-order valence-electron chi connectivity index (χ4n) is 3.45. The highest BCUT2D eigenvalue weighted by Crippen LogP contribution is 2.28. The van der Waals surface area contributed by atoms with Crippen LogP contribution in [0, 0.1) is 5.92 Å². The van der Waals surface area contributed by atoms with Gasteiger partial charge in [0.1, 0.15) is 0 Å². The second-order valence-corrected chi connectivity index (χ2v) is 11.1. The number of carbonyl (C=O) groups excluding carboxylic acids is 2. The Hall–Kier alpha value is -2.36. The number of thioether (sulfide) groups is 1. The van der Waals surface area contributed by atoms with Crippen molar-refractivity contribution in [1.82, 2.24) is 9.62 Å². The number of carbonyl (C=O) groups is 2. The third-order valence-corrected chi connectivity index (χ3v) is 7.96. The SMILES string of the molecule is O=C(Nc1ccc(CC(=O)N2CCSCC2)cc1)c1cccc(S(=O)(=O)NCC2CC2)c1. The lowest BCUT2D eigenvalue weighted by atomic mass is 10.1. The van der Waals surface area contributed by atoms with Crippen LogP contribution in [-0.2, 0) is 21.2 Å². The molecule has 2 fully saturated rings. The van der Waals surface area contributed by atoms with E-state index in [1.54, 1.807) is 24.3 Å². The van der Waals surface area contributed by atoms with E-state index in [1.807, 2.05) is 28.8 Å². The average molecular weight is 474 g/mol. The van der Waals surface area contributed by atoms with Crippen molar-refractivity contribution < 1.29 is 18.0 Å². The largest absolute Gasteiger partial charge is 0.341 e. The first-order chi connectivity index (χ1) is 15.4. The summed E-state index contributed by atoms with van der Waals surface area (Å²) in [6.45, 7) is 2.02. The van der Waals surface area contributed by atoms with Gasteiger partial charge in [-0.1, -0.05) is 18.2 Å². The van der Waals surface area contributed by atoms with Crippen LogP contribution in [-0.4, -0.2) is 56.3 Å². The van der Waals surface area contributed by atoms with E-state index in [1.165, 1.54) is 12.1 Å². The third kappa shape index (κ3) is 6.11. The monoisotopic (exact) mass is 473 g/mol. The zero-order valence-corrected chi connectivity index (χ0v) is 19.4. The van der Waals surface area contributed by atoms with E-state index in [0.29, 0.717) is 24.6 Å². The van der Waals surface area contributed by atoms with E-state index in [-0.39, 0.29) is 22.3 Å². The minimum absolute atomic E-state index is 0.0794. The first kappa shape index (κ1) is 22.8. The molecule has 4 rings (SSSR count). The zero-order valence-electron chi connectivity index (χ0n) is 17.7. The Morgan fingerprint density at radius 2 is 1.75 bits per heavy atom. The number of hydrogen-bond acceptors (Lipinski definition) is 5. The van der Waals surface area contributed by atoms with Crippen LogP contribution in [0.4, 0.5) is 5.69 Å². The van der Waals surface area contributed by atoms with E-state index in [9.17, 15) is 18.0 Å². The molecule has 1 saturated carbocycles. The van der Waals surface area contributed by atoms with Gasteiger partial charge in [0.25, 0.3) is 5.91 Å². The van der Waals surface area contributed by atoms with Crippen molar-refractivity contribution in [3.8, 4) is 0 Å². The first-order valence-electron chi connectivity index (χ1n) is 10.8. The highest BCUT2D eigenvalue weighted by Gasteiger charge is 2.24. The molecule has 1 aliphatic carbocycles. The van der Waals surface area contributed by atoms with Crippen molar-refractivity contribution in [2.45, 2.75) is 24.2 Å². The summed E-state index contributed by atoms with van der Waals surface area (Å²) >= 11 is 1.87. The molecule has 0 spiro atoms. The normalized spacial score (nSPS) is 16.6.